The van der Waals surface area contributed by atoms with E-state index in [-0.39, 0.29) is 11.8 Å². The molecule has 0 fully saturated rings. The third-order valence-electron chi connectivity index (χ3n) is 3.31. The van der Waals surface area contributed by atoms with Crippen LogP contribution in [0.2, 0.25) is 5.02 Å². The first-order valence-electron chi connectivity index (χ1n) is 6.54. The van der Waals surface area contributed by atoms with Crippen molar-refractivity contribution in [3.05, 3.63) is 47.5 Å². The van der Waals surface area contributed by atoms with Crippen LogP contribution in [0.1, 0.15) is 19.9 Å². The van der Waals surface area contributed by atoms with Crippen molar-refractivity contribution in [2.75, 3.05) is 0 Å². The summed E-state index contributed by atoms with van der Waals surface area (Å²) < 4.78 is 2.11. The van der Waals surface area contributed by atoms with E-state index in [1.807, 2.05) is 30.3 Å². The van der Waals surface area contributed by atoms with E-state index in [4.69, 9.17) is 11.6 Å². The summed E-state index contributed by atoms with van der Waals surface area (Å²) in [4.78, 5) is 4.64. The lowest BCUT2D eigenvalue weighted by atomic mass is 10.2. The van der Waals surface area contributed by atoms with Gasteiger partial charge in [-0.15, -0.1) is 0 Å². The molecule has 2 aromatic carbocycles. The van der Waals surface area contributed by atoms with Gasteiger partial charge in [-0.05, 0) is 44.2 Å². The maximum Gasteiger partial charge on any atom is 0.145 e. The van der Waals surface area contributed by atoms with Gasteiger partial charge in [0.1, 0.15) is 11.6 Å². The highest BCUT2D eigenvalue weighted by atomic mass is 35.5. The molecule has 0 atom stereocenters. The monoisotopic (exact) mass is 286 g/mol. The second-order valence-corrected chi connectivity index (χ2v) is 5.49. The van der Waals surface area contributed by atoms with Crippen LogP contribution >= 0.6 is 11.6 Å². The SMILES string of the molecule is CC(C)n1c(-c2ccccc2O)nc2cc(Cl)ccc21. The van der Waals surface area contributed by atoms with Crippen molar-refractivity contribution in [3.63, 3.8) is 0 Å². The molecule has 0 saturated heterocycles. The molecule has 0 unspecified atom stereocenters. The topological polar surface area (TPSA) is 38.0 Å². The quantitative estimate of drug-likeness (QED) is 0.745. The number of aromatic hydroxyl groups is 1. The number of halogens is 1. The molecule has 3 nitrogen and oxygen atoms in total. The molecular formula is C16H15ClN2O. The highest BCUT2D eigenvalue weighted by Crippen LogP contribution is 2.33. The van der Waals surface area contributed by atoms with Gasteiger partial charge in [0.2, 0.25) is 0 Å². The molecule has 0 saturated carbocycles. The molecule has 1 N–H and O–H groups in total. The molecule has 1 heterocycles. The minimum atomic E-state index is 0.232. The van der Waals surface area contributed by atoms with E-state index in [0.717, 1.165) is 22.4 Å². The van der Waals surface area contributed by atoms with Gasteiger partial charge < -0.3 is 9.67 Å². The highest BCUT2D eigenvalue weighted by Gasteiger charge is 2.17. The number of nitrogens with zero attached hydrogens (tertiary/aromatic N) is 2. The number of imidazole rings is 1. The van der Waals surface area contributed by atoms with E-state index in [1.54, 1.807) is 12.1 Å². The third kappa shape index (κ3) is 2.04. The van der Waals surface area contributed by atoms with Crippen molar-refractivity contribution < 1.29 is 5.11 Å². The molecule has 1 aromatic heterocycles. The van der Waals surface area contributed by atoms with Gasteiger partial charge in [0.25, 0.3) is 0 Å². The summed E-state index contributed by atoms with van der Waals surface area (Å²) >= 11 is 6.04. The molecule has 0 aliphatic rings. The number of fused-ring (bicyclic) bond motifs is 1. The van der Waals surface area contributed by atoms with Crippen LogP contribution in [0.4, 0.5) is 0 Å². The van der Waals surface area contributed by atoms with Crippen molar-refractivity contribution in [2.24, 2.45) is 0 Å². The number of hydrogen-bond donors (Lipinski definition) is 1. The largest absolute Gasteiger partial charge is 0.507 e. The van der Waals surface area contributed by atoms with E-state index >= 15 is 0 Å². The minimum Gasteiger partial charge on any atom is -0.507 e. The fraction of sp³-hybridized carbons (Fsp3) is 0.188. The van der Waals surface area contributed by atoms with Crippen LogP contribution in [-0.4, -0.2) is 14.7 Å². The molecule has 20 heavy (non-hydrogen) atoms. The Morgan fingerprint density at radius 1 is 1.15 bits per heavy atom. The number of phenolic OH excluding ortho intramolecular Hbond substituents is 1. The molecular weight excluding hydrogens is 272 g/mol. The number of rotatable bonds is 2. The minimum absolute atomic E-state index is 0.232. The molecule has 3 aromatic rings. The number of phenols is 1. The first-order valence-corrected chi connectivity index (χ1v) is 6.91. The van der Waals surface area contributed by atoms with Crippen molar-refractivity contribution in [1.82, 2.24) is 9.55 Å². The smallest absolute Gasteiger partial charge is 0.145 e. The van der Waals surface area contributed by atoms with E-state index in [0.29, 0.717) is 5.02 Å². The summed E-state index contributed by atoms with van der Waals surface area (Å²) in [6, 6.07) is 13.1. The lowest BCUT2D eigenvalue weighted by Crippen LogP contribution is -2.03. The van der Waals surface area contributed by atoms with Gasteiger partial charge in [-0.2, -0.15) is 0 Å². The molecule has 0 spiro atoms. The second-order valence-electron chi connectivity index (χ2n) is 5.05. The summed E-state index contributed by atoms with van der Waals surface area (Å²) in [6.45, 7) is 4.19. The summed E-state index contributed by atoms with van der Waals surface area (Å²) in [5.41, 5.74) is 2.58. The van der Waals surface area contributed by atoms with Gasteiger partial charge in [0, 0.05) is 11.1 Å². The van der Waals surface area contributed by atoms with Crippen LogP contribution in [0.3, 0.4) is 0 Å². The van der Waals surface area contributed by atoms with E-state index in [2.05, 4.69) is 23.4 Å². The van der Waals surface area contributed by atoms with Crippen LogP contribution in [-0.2, 0) is 0 Å². The number of aromatic nitrogens is 2. The number of benzene rings is 2. The molecule has 0 aliphatic heterocycles. The zero-order chi connectivity index (χ0) is 14.3. The fourth-order valence-electron chi connectivity index (χ4n) is 2.45. The second kappa shape index (κ2) is 4.84. The van der Waals surface area contributed by atoms with Crippen molar-refractivity contribution in [3.8, 4) is 17.1 Å². The maximum atomic E-state index is 10.1. The van der Waals surface area contributed by atoms with Gasteiger partial charge in [-0.3, -0.25) is 0 Å². The van der Waals surface area contributed by atoms with E-state index < -0.39 is 0 Å². The molecule has 0 amide bonds. The highest BCUT2D eigenvalue weighted by molar-refractivity contribution is 6.31. The first-order chi connectivity index (χ1) is 9.58. The Hall–Kier alpha value is -2.00. The van der Waals surface area contributed by atoms with E-state index in [9.17, 15) is 5.11 Å². The van der Waals surface area contributed by atoms with Crippen LogP contribution in [0, 0.1) is 0 Å². The zero-order valence-electron chi connectivity index (χ0n) is 11.3. The Morgan fingerprint density at radius 2 is 1.90 bits per heavy atom. The molecule has 0 aliphatic carbocycles. The summed E-state index contributed by atoms with van der Waals surface area (Å²) in [7, 11) is 0. The Kier molecular flexibility index (Phi) is 3.14. The Morgan fingerprint density at radius 3 is 2.60 bits per heavy atom. The lowest BCUT2D eigenvalue weighted by Gasteiger charge is -2.13. The Balaban J connectivity index is 2.35. The van der Waals surface area contributed by atoms with Crippen LogP contribution < -0.4 is 0 Å². The van der Waals surface area contributed by atoms with Gasteiger partial charge in [-0.1, -0.05) is 23.7 Å². The lowest BCUT2D eigenvalue weighted by molar-refractivity contribution is 0.476. The maximum absolute atomic E-state index is 10.1. The summed E-state index contributed by atoms with van der Waals surface area (Å²) in [6.07, 6.45) is 0. The van der Waals surface area contributed by atoms with Crippen LogP contribution in [0.15, 0.2) is 42.5 Å². The van der Waals surface area contributed by atoms with Crippen molar-refractivity contribution in [1.29, 1.82) is 0 Å². The Bertz CT molecular complexity index is 777. The van der Waals surface area contributed by atoms with Crippen molar-refractivity contribution >= 4 is 22.6 Å². The van der Waals surface area contributed by atoms with Gasteiger partial charge >= 0.3 is 0 Å². The fourth-order valence-corrected chi connectivity index (χ4v) is 2.61. The average Bonchev–Trinajstić information content (AvgIpc) is 2.77. The number of hydrogen-bond acceptors (Lipinski definition) is 2. The molecule has 0 bridgehead atoms. The van der Waals surface area contributed by atoms with Gasteiger partial charge in [0.05, 0.1) is 16.6 Å². The molecule has 0 radical (unpaired) electrons. The molecule has 4 heteroatoms. The van der Waals surface area contributed by atoms with Gasteiger partial charge in [-0.25, -0.2) is 4.98 Å². The standard InChI is InChI=1S/C16H15ClN2O/c1-10(2)19-14-8-7-11(17)9-13(14)18-16(19)12-5-3-4-6-15(12)20/h3-10,20H,1-2H3. The van der Waals surface area contributed by atoms with Crippen LogP contribution in [0.5, 0.6) is 5.75 Å². The molecule has 102 valence electrons. The number of para-hydroxylation sites is 1. The Labute approximate surface area is 122 Å². The third-order valence-corrected chi connectivity index (χ3v) is 3.55. The zero-order valence-corrected chi connectivity index (χ0v) is 12.1. The predicted octanol–water partition coefficient (Wildman–Crippen LogP) is 4.64. The first kappa shape index (κ1) is 13.0. The predicted molar refractivity (Wildman–Crippen MR) is 82.2 cm³/mol. The molecule has 3 rings (SSSR count). The summed E-state index contributed by atoms with van der Waals surface area (Å²) in [5.74, 6) is 0.992. The van der Waals surface area contributed by atoms with Crippen LogP contribution in [0.25, 0.3) is 22.4 Å². The van der Waals surface area contributed by atoms with Gasteiger partial charge in [0.15, 0.2) is 0 Å². The van der Waals surface area contributed by atoms with Crippen molar-refractivity contribution in [2.45, 2.75) is 19.9 Å². The normalized spacial score (nSPS) is 11.4. The summed E-state index contributed by atoms with van der Waals surface area (Å²) in [5, 5.41) is 10.7. The van der Waals surface area contributed by atoms with E-state index in [1.165, 1.54) is 0 Å². The average molecular weight is 287 g/mol.